The summed E-state index contributed by atoms with van der Waals surface area (Å²) in [5.74, 6) is -0.519. The maximum Gasteiger partial charge on any atom is 0.258 e. The predicted molar refractivity (Wildman–Crippen MR) is 90.6 cm³/mol. The van der Waals surface area contributed by atoms with Gasteiger partial charge in [0, 0.05) is 19.7 Å². The molecule has 2 rings (SSSR count). The van der Waals surface area contributed by atoms with Gasteiger partial charge in [0.2, 0.25) is 5.91 Å². The van der Waals surface area contributed by atoms with Crippen molar-refractivity contribution in [3.05, 3.63) is 59.1 Å². The van der Waals surface area contributed by atoms with Crippen LogP contribution >= 0.6 is 11.6 Å². The van der Waals surface area contributed by atoms with E-state index in [0.29, 0.717) is 16.4 Å². The summed E-state index contributed by atoms with van der Waals surface area (Å²) in [6.07, 6.45) is -0.734. The molecule has 2 aromatic rings. The number of carbonyl (C=O) groups is 2. The van der Waals surface area contributed by atoms with Crippen LogP contribution in [0, 0.1) is 0 Å². The van der Waals surface area contributed by atoms with Crippen molar-refractivity contribution in [2.75, 3.05) is 17.7 Å². The molecule has 0 unspecified atom stereocenters. The van der Waals surface area contributed by atoms with Crippen LogP contribution in [0.1, 0.15) is 18.6 Å². The lowest BCUT2D eigenvalue weighted by atomic mass is 10.1. The maximum atomic E-state index is 12.4. The number of ether oxygens (including phenoxy) is 1. The van der Waals surface area contributed by atoms with Crippen molar-refractivity contribution >= 4 is 34.8 Å². The van der Waals surface area contributed by atoms with E-state index in [2.05, 4.69) is 10.6 Å². The van der Waals surface area contributed by atoms with Gasteiger partial charge in [-0.2, -0.15) is 0 Å². The lowest BCUT2D eigenvalue weighted by Gasteiger charge is -2.16. The Bertz CT molecular complexity index is 704. The third kappa shape index (κ3) is 4.55. The van der Waals surface area contributed by atoms with Gasteiger partial charge in [-0.1, -0.05) is 41.9 Å². The highest BCUT2D eigenvalue weighted by Gasteiger charge is 2.20. The molecule has 1 atom stereocenters. The molecule has 2 N–H and O–H groups in total. The monoisotopic (exact) mass is 332 g/mol. The Kier molecular flexibility index (Phi) is 5.73. The molecular weight excluding hydrogens is 316 g/mol. The first-order valence-electron chi connectivity index (χ1n) is 6.97. The van der Waals surface area contributed by atoms with Gasteiger partial charge in [-0.3, -0.25) is 9.59 Å². The van der Waals surface area contributed by atoms with Crippen molar-refractivity contribution in [3.63, 3.8) is 0 Å². The molecule has 0 heterocycles. The minimum Gasteiger partial charge on any atom is -0.367 e. The van der Waals surface area contributed by atoms with Gasteiger partial charge in [-0.05, 0) is 23.8 Å². The van der Waals surface area contributed by atoms with Gasteiger partial charge in [0.25, 0.3) is 5.91 Å². The summed E-state index contributed by atoms with van der Waals surface area (Å²) in [4.78, 5) is 23.4. The van der Waals surface area contributed by atoms with Crippen LogP contribution in [0.4, 0.5) is 11.4 Å². The Morgan fingerprint density at radius 1 is 1.09 bits per heavy atom. The van der Waals surface area contributed by atoms with Crippen LogP contribution in [0.15, 0.2) is 48.5 Å². The molecule has 2 amide bonds. The largest absolute Gasteiger partial charge is 0.367 e. The Labute approximate surface area is 139 Å². The molecule has 23 heavy (non-hydrogen) atoms. The second-order valence-electron chi connectivity index (χ2n) is 4.89. The number of amides is 2. The minimum absolute atomic E-state index is 0.193. The van der Waals surface area contributed by atoms with Crippen LogP contribution in [0.25, 0.3) is 0 Å². The second kappa shape index (κ2) is 7.76. The van der Waals surface area contributed by atoms with Crippen molar-refractivity contribution in [1.29, 1.82) is 0 Å². The zero-order valence-electron chi connectivity index (χ0n) is 12.8. The molecule has 120 valence electrons. The first-order valence-corrected chi connectivity index (χ1v) is 7.35. The quantitative estimate of drug-likeness (QED) is 0.878. The summed E-state index contributed by atoms with van der Waals surface area (Å²) in [7, 11) is 1.47. The highest BCUT2D eigenvalue weighted by atomic mass is 35.5. The number of benzene rings is 2. The molecular formula is C17H17ClN2O3. The fourth-order valence-corrected chi connectivity index (χ4v) is 2.35. The number of nitrogens with one attached hydrogen (secondary N) is 2. The van der Waals surface area contributed by atoms with E-state index >= 15 is 0 Å². The molecule has 5 nitrogen and oxygen atoms in total. The normalized spacial score (nSPS) is 11.6. The Morgan fingerprint density at radius 3 is 2.35 bits per heavy atom. The van der Waals surface area contributed by atoms with E-state index in [-0.39, 0.29) is 11.8 Å². The van der Waals surface area contributed by atoms with Gasteiger partial charge >= 0.3 is 0 Å². The number of hydrogen-bond acceptors (Lipinski definition) is 3. The molecule has 0 aromatic heterocycles. The number of halogens is 1. The molecule has 0 saturated carbocycles. The van der Waals surface area contributed by atoms with Crippen molar-refractivity contribution < 1.29 is 14.3 Å². The molecule has 6 heteroatoms. The first-order chi connectivity index (χ1) is 11.0. The van der Waals surface area contributed by atoms with E-state index in [1.54, 1.807) is 18.2 Å². The fourth-order valence-electron chi connectivity index (χ4n) is 2.12. The molecule has 0 aliphatic carbocycles. The van der Waals surface area contributed by atoms with Crippen molar-refractivity contribution in [1.82, 2.24) is 0 Å². The van der Waals surface area contributed by atoms with Gasteiger partial charge in [-0.15, -0.1) is 0 Å². The summed E-state index contributed by atoms with van der Waals surface area (Å²) >= 11 is 6.14. The average molecular weight is 333 g/mol. The SMILES string of the molecule is CO[C@@H](C(=O)Nc1ccc(NC(C)=O)cc1Cl)c1ccccc1. The topological polar surface area (TPSA) is 67.4 Å². The number of rotatable bonds is 5. The van der Waals surface area contributed by atoms with Crippen molar-refractivity contribution in [3.8, 4) is 0 Å². The highest BCUT2D eigenvalue weighted by molar-refractivity contribution is 6.34. The molecule has 2 aromatic carbocycles. The van der Waals surface area contributed by atoms with E-state index in [4.69, 9.17) is 16.3 Å². The van der Waals surface area contributed by atoms with Crippen LogP contribution in [-0.2, 0) is 14.3 Å². The van der Waals surface area contributed by atoms with Gasteiger partial charge in [-0.25, -0.2) is 0 Å². The zero-order chi connectivity index (χ0) is 16.8. The molecule has 0 radical (unpaired) electrons. The standard InChI is InChI=1S/C17H17ClN2O3/c1-11(21)19-13-8-9-15(14(18)10-13)20-17(22)16(23-2)12-6-4-3-5-7-12/h3-10,16H,1-2H3,(H,19,21)(H,20,22)/t16-/m1/s1. The van der Waals surface area contributed by atoms with Crippen LogP contribution in [-0.4, -0.2) is 18.9 Å². The maximum absolute atomic E-state index is 12.4. The van der Waals surface area contributed by atoms with Crippen LogP contribution in [0.2, 0.25) is 5.02 Å². The Hall–Kier alpha value is -2.37. The second-order valence-corrected chi connectivity index (χ2v) is 5.30. The summed E-state index contributed by atoms with van der Waals surface area (Å²) in [6.45, 7) is 1.41. The highest BCUT2D eigenvalue weighted by Crippen LogP contribution is 2.27. The van der Waals surface area contributed by atoms with Crippen LogP contribution in [0.3, 0.4) is 0 Å². The smallest absolute Gasteiger partial charge is 0.258 e. The van der Waals surface area contributed by atoms with Gasteiger partial charge in [0.15, 0.2) is 6.10 Å². The first kappa shape index (κ1) is 17.0. The summed E-state index contributed by atoms with van der Waals surface area (Å²) in [5.41, 5.74) is 1.76. The molecule has 0 aliphatic rings. The van der Waals surface area contributed by atoms with Crippen molar-refractivity contribution in [2.45, 2.75) is 13.0 Å². The number of carbonyl (C=O) groups excluding carboxylic acids is 2. The van der Waals surface area contributed by atoms with Gasteiger partial charge in [0.05, 0.1) is 10.7 Å². The van der Waals surface area contributed by atoms with E-state index in [0.717, 1.165) is 5.56 Å². The number of hydrogen-bond donors (Lipinski definition) is 2. The van der Waals surface area contributed by atoms with Gasteiger partial charge in [0.1, 0.15) is 0 Å². The number of methoxy groups -OCH3 is 1. The molecule has 0 spiro atoms. The van der Waals surface area contributed by atoms with Crippen LogP contribution < -0.4 is 10.6 Å². The molecule has 0 fully saturated rings. The average Bonchev–Trinajstić information content (AvgIpc) is 2.51. The molecule has 0 saturated heterocycles. The summed E-state index contributed by atoms with van der Waals surface area (Å²) in [6, 6.07) is 14.0. The van der Waals surface area contributed by atoms with Gasteiger partial charge < -0.3 is 15.4 Å². The minimum atomic E-state index is -0.734. The third-order valence-corrected chi connectivity index (χ3v) is 3.44. The fraction of sp³-hybridized carbons (Fsp3) is 0.176. The van der Waals surface area contributed by atoms with E-state index in [1.807, 2.05) is 30.3 Å². The van der Waals surface area contributed by atoms with Crippen LogP contribution in [0.5, 0.6) is 0 Å². The predicted octanol–water partition coefficient (Wildman–Crippen LogP) is 3.62. The van der Waals surface area contributed by atoms with E-state index in [1.165, 1.54) is 14.0 Å². The van der Waals surface area contributed by atoms with E-state index in [9.17, 15) is 9.59 Å². The molecule has 0 bridgehead atoms. The summed E-state index contributed by atoms with van der Waals surface area (Å²) < 4.78 is 5.27. The number of anilines is 2. The Morgan fingerprint density at radius 2 is 1.78 bits per heavy atom. The molecule has 0 aliphatic heterocycles. The van der Waals surface area contributed by atoms with E-state index < -0.39 is 6.10 Å². The lowest BCUT2D eigenvalue weighted by molar-refractivity contribution is -0.126. The Balaban J connectivity index is 2.14. The zero-order valence-corrected chi connectivity index (χ0v) is 13.6. The lowest BCUT2D eigenvalue weighted by Crippen LogP contribution is -2.22. The van der Waals surface area contributed by atoms with Crippen molar-refractivity contribution in [2.24, 2.45) is 0 Å². The summed E-state index contributed by atoms with van der Waals surface area (Å²) in [5, 5.41) is 5.68. The third-order valence-electron chi connectivity index (χ3n) is 3.12.